The van der Waals surface area contributed by atoms with Crippen molar-refractivity contribution in [2.45, 2.75) is 174 Å². The predicted octanol–water partition coefficient (Wildman–Crippen LogP) is 10.6. The van der Waals surface area contributed by atoms with Crippen LogP contribution in [0.25, 0.3) is 0 Å². The molecule has 0 saturated carbocycles. The number of rotatable bonds is 29. The third-order valence-electron chi connectivity index (χ3n) is 8.75. The molecule has 3 nitrogen and oxygen atoms in total. The summed E-state index contributed by atoms with van der Waals surface area (Å²) in [7, 11) is 0. The molecular formula is C35H69N2O+. The molecule has 0 spiro atoms. The Balaban J connectivity index is 2.06. The zero-order chi connectivity index (χ0) is 27.4. The van der Waals surface area contributed by atoms with Gasteiger partial charge in [-0.1, -0.05) is 135 Å². The monoisotopic (exact) mass is 534 g/mol. The molecule has 1 heterocycles. The average Bonchev–Trinajstić information content (AvgIpc) is 3.31. The first kappa shape index (κ1) is 35.4. The first-order valence-corrected chi connectivity index (χ1v) is 17.4. The second-order valence-electron chi connectivity index (χ2n) is 12.2. The van der Waals surface area contributed by atoms with E-state index in [-0.39, 0.29) is 0 Å². The molecule has 1 unspecified atom stereocenters. The minimum Gasteiger partial charge on any atom is -0.390 e. The van der Waals surface area contributed by atoms with Crippen LogP contribution in [0.1, 0.15) is 174 Å². The van der Waals surface area contributed by atoms with E-state index in [9.17, 15) is 5.11 Å². The first-order chi connectivity index (χ1) is 18.8. The molecule has 38 heavy (non-hydrogen) atoms. The molecule has 0 aromatic rings. The molecule has 0 bridgehead atoms. The van der Waals surface area contributed by atoms with Gasteiger partial charge < -0.3 is 5.11 Å². The number of aliphatic imine (C=N–C) groups is 1. The fourth-order valence-corrected chi connectivity index (χ4v) is 6.18. The van der Waals surface area contributed by atoms with Crippen LogP contribution in [0.3, 0.4) is 0 Å². The van der Waals surface area contributed by atoms with Crippen molar-refractivity contribution in [2.75, 3.05) is 32.8 Å². The molecule has 0 saturated heterocycles. The number of hydrogen-bond acceptors (Lipinski definition) is 2. The van der Waals surface area contributed by atoms with Gasteiger partial charge in [-0.05, 0) is 44.9 Å². The molecule has 1 atom stereocenters. The van der Waals surface area contributed by atoms with E-state index in [1.54, 1.807) is 0 Å². The molecular weight excluding hydrogens is 464 g/mol. The summed E-state index contributed by atoms with van der Waals surface area (Å²) >= 11 is 0. The summed E-state index contributed by atoms with van der Waals surface area (Å²) < 4.78 is 0.997. The predicted molar refractivity (Wildman–Crippen MR) is 170 cm³/mol. The molecule has 0 radical (unpaired) electrons. The second kappa shape index (κ2) is 26.5. The van der Waals surface area contributed by atoms with Gasteiger partial charge in [0.1, 0.15) is 13.1 Å². The van der Waals surface area contributed by atoms with Crippen molar-refractivity contribution < 1.29 is 9.59 Å². The summed E-state index contributed by atoms with van der Waals surface area (Å²) in [4.78, 5) is 4.95. The van der Waals surface area contributed by atoms with Crippen LogP contribution in [0.5, 0.6) is 0 Å². The molecule has 0 amide bonds. The molecule has 0 aromatic heterocycles. The number of aliphatic hydroxyl groups excluding tert-OH is 1. The van der Waals surface area contributed by atoms with Gasteiger partial charge in [0.05, 0.1) is 19.7 Å². The Hall–Kier alpha value is -0.670. The molecule has 1 aliphatic rings. The smallest absolute Gasteiger partial charge is 0.198 e. The Morgan fingerprint density at radius 2 is 1.03 bits per heavy atom. The van der Waals surface area contributed by atoms with E-state index < -0.39 is 0 Å². The molecule has 1 rings (SSSR count). The van der Waals surface area contributed by atoms with Crippen molar-refractivity contribution >= 4 is 5.84 Å². The highest BCUT2D eigenvalue weighted by Crippen LogP contribution is 2.22. The highest BCUT2D eigenvalue weighted by Gasteiger charge is 2.36. The summed E-state index contributed by atoms with van der Waals surface area (Å²) in [6.07, 6.45) is 39.0. The highest BCUT2D eigenvalue weighted by molar-refractivity contribution is 5.76. The van der Waals surface area contributed by atoms with Gasteiger partial charge in [0.2, 0.25) is 0 Å². The average molecular weight is 534 g/mol. The summed E-state index contributed by atoms with van der Waals surface area (Å²) in [5, 5.41) is 9.81. The number of amidine groups is 1. The van der Waals surface area contributed by atoms with Gasteiger partial charge in [-0.3, -0.25) is 4.48 Å². The summed E-state index contributed by atoms with van der Waals surface area (Å²) in [5.74, 6) is 1.41. The number of quaternary nitrogens is 1. The lowest BCUT2D eigenvalue weighted by molar-refractivity contribution is -0.837. The quantitative estimate of drug-likeness (QED) is 0.0579. The van der Waals surface area contributed by atoms with E-state index >= 15 is 0 Å². The van der Waals surface area contributed by atoms with Crippen LogP contribution in [-0.2, 0) is 0 Å². The minimum absolute atomic E-state index is 0.295. The topological polar surface area (TPSA) is 32.6 Å². The van der Waals surface area contributed by atoms with Crippen molar-refractivity contribution in [2.24, 2.45) is 4.99 Å². The third kappa shape index (κ3) is 18.6. The van der Waals surface area contributed by atoms with E-state index in [1.165, 1.54) is 166 Å². The lowest BCUT2D eigenvalue weighted by atomic mass is 10.0. The number of unbranched alkanes of at least 4 members (excludes halogenated alkanes) is 21. The Morgan fingerprint density at radius 1 is 0.579 bits per heavy atom. The standard InChI is InChI=1S/C35H69N2O/c1-3-5-7-9-11-13-15-16-17-18-19-20-22-24-26-28-31-37(33-34-38)32-30-36-35(37)29-27-25-23-21-14-12-10-8-6-4-2/h16-17,38H,3-15,18-34H2,1-2H3/q+1/b17-16-. The van der Waals surface area contributed by atoms with E-state index in [2.05, 4.69) is 26.0 Å². The van der Waals surface area contributed by atoms with Crippen molar-refractivity contribution in [1.29, 1.82) is 0 Å². The molecule has 3 heteroatoms. The number of allylic oxidation sites excluding steroid dienone is 2. The van der Waals surface area contributed by atoms with Crippen LogP contribution in [0.4, 0.5) is 0 Å². The van der Waals surface area contributed by atoms with Gasteiger partial charge >= 0.3 is 0 Å². The number of aliphatic hydroxyl groups is 1. The van der Waals surface area contributed by atoms with Gasteiger partial charge in [-0.15, -0.1) is 0 Å². The molecule has 1 N–H and O–H groups in total. The van der Waals surface area contributed by atoms with Crippen LogP contribution in [-0.4, -0.2) is 48.2 Å². The fourth-order valence-electron chi connectivity index (χ4n) is 6.18. The van der Waals surface area contributed by atoms with Crippen LogP contribution in [0.15, 0.2) is 17.1 Å². The van der Waals surface area contributed by atoms with Crippen LogP contribution in [0, 0.1) is 0 Å². The van der Waals surface area contributed by atoms with Crippen molar-refractivity contribution in [1.82, 2.24) is 0 Å². The zero-order valence-electron chi connectivity index (χ0n) is 26.2. The maximum atomic E-state index is 9.81. The minimum atomic E-state index is 0.295. The van der Waals surface area contributed by atoms with E-state index in [0.29, 0.717) is 6.61 Å². The molecule has 0 aliphatic carbocycles. The van der Waals surface area contributed by atoms with Crippen molar-refractivity contribution in [3.63, 3.8) is 0 Å². The first-order valence-electron chi connectivity index (χ1n) is 17.4. The maximum absolute atomic E-state index is 9.81. The van der Waals surface area contributed by atoms with Crippen molar-refractivity contribution in [3.8, 4) is 0 Å². The fraction of sp³-hybridized carbons (Fsp3) is 0.914. The van der Waals surface area contributed by atoms with Gasteiger partial charge in [-0.25, -0.2) is 4.99 Å². The lowest BCUT2D eigenvalue weighted by Gasteiger charge is -2.34. The Bertz CT molecular complexity index is 558. The summed E-state index contributed by atoms with van der Waals surface area (Å²) in [6, 6.07) is 0. The van der Waals surface area contributed by atoms with E-state index in [0.717, 1.165) is 30.5 Å². The van der Waals surface area contributed by atoms with Gasteiger partial charge in [-0.2, -0.15) is 0 Å². The molecule has 1 aliphatic heterocycles. The van der Waals surface area contributed by atoms with Gasteiger partial charge in [0, 0.05) is 6.42 Å². The van der Waals surface area contributed by atoms with Gasteiger partial charge in [0.25, 0.3) is 0 Å². The zero-order valence-corrected chi connectivity index (χ0v) is 26.2. The van der Waals surface area contributed by atoms with Crippen LogP contribution in [0.2, 0.25) is 0 Å². The Kier molecular flexibility index (Phi) is 24.7. The lowest BCUT2D eigenvalue weighted by Crippen LogP contribution is -2.53. The highest BCUT2D eigenvalue weighted by atomic mass is 16.3. The SMILES string of the molecule is CCCCCCCC/C=C\CCCCCCCC[N+]1(CCO)CCN=C1CCCCCCCCCCCC. The van der Waals surface area contributed by atoms with Gasteiger partial charge in [0.15, 0.2) is 5.84 Å². The molecule has 0 aromatic carbocycles. The Morgan fingerprint density at radius 3 is 1.53 bits per heavy atom. The van der Waals surface area contributed by atoms with E-state index in [4.69, 9.17) is 4.99 Å². The van der Waals surface area contributed by atoms with Crippen LogP contribution < -0.4 is 0 Å². The van der Waals surface area contributed by atoms with Crippen molar-refractivity contribution in [3.05, 3.63) is 12.2 Å². The summed E-state index contributed by atoms with van der Waals surface area (Å²) in [5.41, 5.74) is 0. The van der Waals surface area contributed by atoms with E-state index in [1.807, 2.05) is 0 Å². The number of hydrogen-bond donors (Lipinski definition) is 1. The number of nitrogens with zero attached hydrogens (tertiary/aromatic N) is 2. The molecule has 0 fully saturated rings. The normalized spacial score (nSPS) is 17.6. The third-order valence-corrected chi connectivity index (χ3v) is 8.75. The largest absolute Gasteiger partial charge is 0.390 e. The van der Waals surface area contributed by atoms with Crippen LogP contribution >= 0.6 is 0 Å². The Labute approximate surface area is 239 Å². The second-order valence-corrected chi connectivity index (χ2v) is 12.2. The molecule has 224 valence electrons. The summed E-state index contributed by atoms with van der Waals surface area (Å²) in [6.45, 7) is 9.04. The maximum Gasteiger partial charge on any atom is 0.198 e.